The van der Waals surface area contributed by atoms with Gasteiger partial charge < -0.3 is 20.1 Å². The molecule has 0 saturated heterocycles. The first-order chi connectivity index (χ1) is 14.7. The third-order valence-electron chi connectivity index (χ3n) is 3.82. The third-order valence-corrected chi connectivity index (χ3v) is 4.44. The van der Waals surface area contributed by atoms with Gasteiger partial charge in [0.25, 0.3) is 11.8 Å². The molecule has 2 N–H and O–H groups in total. The largest absolute Gasteiger partial charge is 0.484 e. The second-order valence-electron chi connectivity index (χ2n) is 6.27. The summed E-state index contributed by atoms with van der Waals surface area (Å²) in [5.74, 6) is -2.23. The Morgan fingerprint density at radius 1 is 0.871 bits per heavy atom. The minimum Gasteiger partial charge on any atom is -0.484 e. The van der Waals surface area contributed by atoms with E-state index < -0.39 is 36.2 Å². The molecule has 0 aliphatic rings. The van der Waals surface area contributed by atoms with E-state index in [2.05, 4.69) is 10.6 Å². The Morgan fingerprint density at radius 2 is 1.35 bits per heavy atom. The summed E-state index contributed by atoms with van der Waals surface area (Å²) < 4.78 is 50.6. The number of hydrogen-bond donors (Lipinski definition) is 2. The van der Waals surface area contributed by atoms with Crippen LogP contribution in [-0.2, 0) is 9.59 Å². The number of ether oxygens (including phenoxy) is 2. The summed E-state index contributed by atoms with van der Waals surface area (Å²) >= 11 is 11.1. The summed E-state index contributed by atoms with van der Waals surface area (Å²) in [6.07, 6.45) is -1.46. The highest BCUT2D eigenvalue weighted by Crippen LogP contribution is 2.21. The van der Waals surface area contributed by atoms with Crippen LogP contribution in [-0.4, -0.2) is 44.3 Å². The Bertz CT molecular complexity index is 918. The van der Waals surface area contributed by atoms with Crippen molar-refractivity contribution >= 4 is 35.0 Å². The van der Waals surface area contributed by atoms with Crippen LogP contribution >= 0.6 is 23.2 Å². The molecule has 0 fully saturated rings. The van der Waals surface area contributed by atoms with E-state index in [0.29, 0.717) is 0 Å². The smallest absolute Gasteiger partial charge is 0.258 e. The molecule has 0 spiro atoms. The Balaban J connectivity index is 1.57. The second-order valence-corrected chi connectivity index (χ2v) is 7.08. The Hall–Kier alpha value is -2.65. The van der Waals surface area contributed by atoms with Crippen molar-refractivity contribution in [2.24, 2.45) is 0 Å². The predicted octanol–water partition coefficient (Wildman–Crippen LogP) is 3.69. The van der Waals surface area contributed by atoms with E-state index in [1.54, 1.807) is 0 Å². The van der Waals surface area contributed by atoms with Crippen LogP contribution in [0.15, 0.2) is 36.4 Å². The SMILES string of the molecule is O=C(COc1ccc(Cl)c(F)c1)NCCC(F)CNC(=O)COc1ccc(Cl)c(F)c1. The van der Waals surface area contributed by atoms with Gasteiger partial charge in [0.15, 0.2) is 13.2 Å². The molecular weight excluding hydrogens is 460 g/mol. The third kappa shape index (κ3) is 8.94. The Labute approximate surface area is 186 Å². The van der Waals surface area contributed by atoms with E-state index in [1.165, 1.54) is 24.3 Å². The van der Waals surface area contributed by atoms with Crippen molar-refractivity contribution < 1.29 is 32.2 Å². The van der Waals surface area contributed by atoms with E-state index in [4.69, 9.17) is 32.7 Å². The molecule has 0 aromatic heterocycles. The van der Waals surface area contributed by atoms with Crippen molar-refractivity contribution in [1.82, 2.24) is 10.6 Å². The van der Waals surface area contributed by atoms with Gasteiger partial charge in [0, 0.05) is 25.2 Å². The van der Waals surface area contributed by atoms with Crippen LogP contribution < -0.4 is 20.1 Å². The van der Waals surface area contributed by atoms with E-state index >= 15 is 0 Å². The maximum absolute atomic E-state index is 13.9. The van der Waals surface area contributed by atoms with E-state index in [0.717, 1.165) is 12.1 Å². The van der Waals surface area contributed by atoms with Crippen molar-refractivity contribution in [2.75, 3.05) is 26.3 Å². The molecule has 0 bridgehead atoms. The fourth-order valence-electron chi connectivity index (χ4n) is 2.23. The monoisotopic (exact) mass is 478 g/mol. The highest BCUT2D eigenvalue weighted by Gasteiger charge is 2.11. The maximum atomic E-state index is 13.9. The molecule has 0 aliphatic carbocycles. The molecule has 1 unspecified atom stereocenters. The molecule has 0 saturated carbocycles. The minimum absolute atomic E-state index is 0.00869. The van der Waals surface area contributed by atoms with Gasteiger partial charge in [-0.15, -0.1) is 0 Å². The second kappa shape index (κ2) is 12.3. The summed E-state index contributed by atoms with van der Waals surface area (Å²) in [6.45, 7) is -1.08. The fourth-order valence-corrected chi connectivity index (χ4v) is 2.46. The summed E-state index contributed by atoms with van der Waals surface area (Å²) in [4.78, 5) is 23.4. The standard InChI is InChI=1S/C20H19Cl2F3N2O4/c21-15-3-1-13(7-17(15)24)30-10-19(28)26-6-5-12(23)9-27-20(29)11-31-14-2-4-16(22)18(25)8-14/h1-4,7-8,12H,5-6,9-11H2,(H,26,28)(H,27,29). The van der Waals surface area contributed by atoms with Crippen LogP contribution in [0.5, 0.6) is 11.5 Å². The Morgan fingerprint density at radius 3 is 1.84 bits per heavy atom. The molecule has 1 atom stereocenters. The number of nitrogens with one attached hydrogen (secondary N) is 2. The molecule has 11 heteroatoms. The van der Waals surface area contributed by atoms with Crippen LogP contribution in [0.1, 0.15) is 6.42 Å². The van der Waals surface area contributed by atoms with Gasteiger partial charge in [-0.1, -0.05) is 23.2 Å². The molecule has 168 valence electrons. The van der Waals surface area contributed by atoms with Crippen molar-refractivity contribution in [3.8, 4) is 11.5 Å². The lowest BCUT2D eigenvalue weighted by Crippen LogP contribution is -2.36. The highest BCUT2D eigenvalue weighted by molar-refractivity contribution is 6.31. The Kier molecular flexibility index (Phi) is 9.74. The van der Waals surface area contributed by atoms with Gasteiger partial charge in [0.2, 0.25) is 0 Å². The molecule has 0 heterocycles. The number of benzene rings is 2. The average molecular weight is 479 g/mol. The van der Waals surface area contributed by atoms with Gasteiger partial charge in [-0.2, -0.15) is 0 Å². The number of hydrogen-bond acceptors (Lipinski definition) is 4. The first-order valence-electron chi connectivity index (χ1n) is 9.07. The molecule has 2 aromatic rings. The first-order valence-corrected chi connectivity index (χ1v) is 9.83. The number of amides is 2. The zero-order valence-electron chi connectivity index (χ0n) is 16.1. The van der Waals surface area contributed by atoms with Gasteiger partial charge >= 0.3 is 0 Å². The van der Waals surface area contributed by atoms with Crippen LogP contribution in [0.4, 0.5) is 13.2 Å². The normalized spacial score (nSPS) is 11.5. The van der Waals surface area contributed by atoms with E-state index in [-0.39, 0.29) is 47.7 Å². The van der Waals surface area contributed by atoms with Crippen molar-refractivity contribution in [3.05, 3.63) is 58.1 Å². The highest BCUT2D eigenvalue weighted by atomic mass is 35.5. The van der Waals surface area contributed by atoms with Crippen LogP contribution in [0, 0.1) is 11.6 Å². The number of alkyl halides is 1. The molecular formula is C20H19Cl2F3N2O4. The predicted molar refractivity (Wildman–Crippen MR) is 109 cm³/mol. The average Bonchev–Trinajstić information content (AvgIpc) is 2.74. The summed E-state index contributed by atoms with van der Waals surface area (Å²) in [5, 5.41) is 4.64. The van der Waals surface area contributed by atoms with E-state index in [9.17, 15) is 22.8 Å². The lowest BCUT2D eigenvalue weighted by molar-refractivity contribution is -0.124. The molecule has 31 heavy (non-hydrogen) atoms. The molecule has 2 rings (SSSR count). The fraction of sp³-hybridized carbons (Fsp3) is 0.300. The molecule has 6 nitrogen and oxygen atoms in total. The zero-order valence-corrected chi connectivity index (χ0v) is 17.6. The van der Waals surface area contributed by atoms with Gasteiger partial charge in [-0.05, 0) is 30.7 Å². The zero-order chi connectivity index (χ0) is 22.8. The lowest BCUT2D eigenvalue weighted by atomic mass is 10.2. The van der Waals surface area contributed by atoms with Gasteiger partial charge in [0.1, 0.15) is 29.3 Å². The molecule has 2 aromatic carbocycles. The van der Waals surface area contributed by atoms with Gasteiger partial charge in [-0.3, -0.25) is 9.59 Å². The summed E-state index contributed by atoms with van der Waals surface area (Å²) in [6, 6.07) is 7.46. The van der Waals surface area contributed by atoms with Crippen LogP contribution in [0.3, 0.4) is 0 Å². The van der Waals surface area contributed by atoms with Crippen molar-refractivity contribution in [1.29, 1.82) is 0 Å². The summed E-state index contributed by atoms with van der Waals surface area (Å²) in [5.41, 5.74) is 0. The number of rotatable bonds is 11. The van der Waals surface area contributed by atoms with E-state index in [1.807, 2.05) is 0 Å². The number of halogens is 5. The quantitative estimate of drug-likeness (QED) is 0.516. The van der Waals surface area contributed by atoms with Crippen LogP contribution in [0.2, 0.25) is 10.0 Å². The number of carbonyl (C=O) groups is 2. The van der Waals surface area contributed by atoms with Crippen molar-refractivity contribution in [2.45, 2.75) is 12.6 Å². The number of carbonyl (C=O) groups excluding carboxylic acids is 2. The molecule has 0 radical (unpaired) electrons. The van der Waals surface area contributed by atoms with Gasteiger partial charge in [-0.25, -0.2) is 13.2 Å². The van der Waals surface area contributed by atoms with Crippen LogP contribution in [0.25, 0.3) is 0 Å². The lowest BCUT2D eigenvalue weighted by Gasteiger charge is -2.12. The minimum atomic E-state index is -1.41. The topological polar surface area (TPSA) is 76.7 Å². The first kappa shape index (κ1) is 24.6. The van der Waals surface area contributed by atoms with Crippen molar-refractivity contribution in [3.63, 3.8) is 0 Å². The maximum Gasteiger partial charge on any atom is 0.258 e. The summed E-state index contributed by atoms with van der Waals surface area (Å²) in [7, 11) is 0. The molecule has 2 amide bonds. The van der Waals surface area contributed by atoms with Gasteiger partial charge in [0.05, 0.1) is 10.0 Å². The molecule has 0 aliphatic heterocycles.